The van der Waals surface area contributed by atoms with Gasteiger partial charge in [-0.05, 0) is 19.4 Å². The molecule has 0 amide bonds. The Morgan fingerprint density at radius 3 is 2.52 bits per heavy atom. The highest BCUT2D eigenvalue weighted by molar-refractivity contribution is 6.06. The van der Waals surface area contributed by atoms with E-state index in [1.54, 1.807) is 0 Å². The van der Waals surface area contributed by atoms with E-state index in [4.69, 9.17) is 9.47 Å². The Labute approximate surface area is 124 Å². The first-order chi connectivity index (χ1) is 10.1. The molecule has 4 nitrogen and oxygen atoms in total. The summed E-state index contributed by atoms with van der Waals surface area (Å²) in [6, 6.07) is 7.87. The van der Waals surface area contributed by atoms with Crippen molar-refractivity contribution in [3.63, 3.8) is 0 Å². The van der Waals surface area contributed by atoms with Crippen molar-refractivity contribution in [2.45, 2.75) is 26.2 Å². The molecule has 112 valence electrons. The molecule has 0 saturated heterocycles. The number of ketones is 1. The third-order valence-corrected chi connectivity index (χ3v) is 3.72. The molecule has 2 rings (SSSR count). The molecule has 0 bridgehead atoms. The highest BCUT2D eigenvalue weighted by atomic mass is 16.5. The minimum absolute atomic E-state index is 0.239. The summed E-state index contributed by atoms with van der Waals surface area (Å²) in [4.78, 5) is 24.3. The van der Waals surface area contributed by atoms with Crippen LogP contribution in [0.3, 0.4) is 0 Å². The number of hydrogen-bond donors (Lipinski definition) is 0. The van der Waals surface area contributed by atoms with Crippen LogP contribution in [0, 0.1) is 12.8 Å². The minimum atomic E-state index is -0.790. The zero-order valence-electron chi connectivity index (χ0n) is 12.6. The van der Waals surface area contributed by atoms with Crippen LogP contribution in [-0.2, 0) is 19.1 Å². The molecule has 0 heterocycles. The van der Waals surface area contributed by atoms with Crippen LogP contribution in [0.15, 0.2) is 36.1 Å². The van der Waals surface area contributed by atoms with Gasteiger partial charge in [-0.15, -0.1) is 0 Å². The minimum Gasteiger partial charge on any atom is -0.498 e. The predicted octanol–water partition coefficient (Wildman–Crippen LogP) is 2.76. The average molecular weight is 288 g/mol. The molecule has 1 aliphatic carbocycles. The van der Waals surface area contributed by atoms with Crippen molar-refractivity contribution in [3.05, 3.63) is 47.2 Å². The van der Waals surface area contributed by atoms with Crippen molar-refractivity contribution in [3.8, 4) is 0 Å². The number of allylic oxidation sites excluding steroid dienone is 2. The first-order valence-electron chi connectivity index (χ1n) is 7.08. The van der Waals surface area contributed by atoms with Gasteiger partial charge in [0.2, 0.25) is 0 Å². The number of benzene rings is 1. The third kappa shape index (κ3) is 3.32. The van der Waals surface area contributed by atoms with Gasteiger partial charge in [-0.2, -0.15) is 0 Å². The summed E-state index contributed by atoms with van der Waals surface area (Å²) in [5, 5.41) is 0. The molecular formula is C17H20O4. The Morgan fingerprint density at radius 1 is 1.29 bits per heavy atom. The molecule has 1 aromatic carbocycles. The Balaban J connectivity index is 2.38. The van der Waals surface area contributed by atoms with Gasteiger partial charge in [-0.25, -0.2) is 0 Å². The van der Waals surface area contributed by atoms with E-state index < -0.39 is 11.9 Å². The molecule has 1 aromatic rings. The maximum Gasteiger partial charge on any atom is 0.317 e. The highest BCUT2D eigenvalue weighted by Crippen LogP contribution is 2.37. The van der Waals surface area contributed by atoms with E-state index in [0.29, 0.717) is 18.8 Å². The number of ether oxygens (including phenoxy) is 2. The lowest BCUT2D eigenvalue weighted by atomic mass is 9.77. The molecule has 0 fully saturated rings. The predicted molar refractivity (Wildman–Crippen MR) is 78.8 cm³/mol. The SMILES string of the molecule is CCOC1=CC(=O)C(C(=O)OC)C(c2ccc(C)cc2)C1. The molecule has 0 aliphatic heterocycles. The van der Waals surface area contributed by atoms with Gasteiger partial charge < -0.3 is 9.47 Å². The number of carbonyl (C=O) groups is 2. The monoisotopic (exact) mass is 288 g/mol. The molecular weight excluding hydrogens is 268 g/mol. The normalized spacial score (nSPS) is 21.7. The zero-order valence-corrected chi connectivity index (χ0v) is 12.6. The van der Waals surface area contributed by atoms with Crippen LogP contribution in [-0.4, -0.2) is 25.5 Å². The summed E-state index contributed by atoms with van der Waals surface area (Å²) in [7, 11) is 1.31. The fraction of sp³-hybridized carbons (Fsp3) is 0.412. The van der Waals surface area contributed by atoms with Gasteiger partial charge in [0.25, 0.3) is 0 Å². The lowest BCUT2D eigenvalue weighted by Crippen LogP contribution is -2.34. The van der Waals surface area contributed by atoms with Gasteiger partial charge in [0.05, 0.1) is 13.7 Å². The number of methoxy groups -OCH3 is 1. The molecule has 0 N–H and O–H groups in total. The van der Waals surface area contributed by atoms with Crippen molar-refractivity contribution in [2.24, 2.45) is 5.92 Å². The first-order valence-corrected chi connectivity index (χ1v) is 7.08. The number of hydrogen-bond acceptors (Lipinski definition) is 4. The Morgan fingerprint density at radius 2 is 1.95 bits per heavy atom. The second-order valence-corrected chi connectivity index (χ2v) is 5.17. The van der Waals surface area contributed by atoms with Crippen molar-refractivity contribution in [1.82, 2.24) is 0 Å². The largest absolute Gasteiger partial charge is 0.498 e. The second-order valence-electron chi connectivity index (χ2n) is 5.17. The number of carbonyl (C=O) groups excluding carboxylic acids is 2. The molecule has 0 spiro atoms. The van der Waals surface area contributed by atoms with E-state index in [1.807, 2.05) is 38.1 Å². The lowest BCUT2D eigenvalue weighted by molar-refractivity contribution is -0.149. The zero-order chi connectivity index (χ0) is 15.4. The molecule has 2 unspecified atom stereocenters. The molecule has 1 aliphatic rings. The Bertz CT molecular complexity index is 557. The quantitative estimate of drug-likeness (QED) is 0.631. The molecule has 0 radical (unpaired) electrons. The van der Waals surface area contributed by atoms with Crippen LogP contribution >= 0.6 is 0 Å². The second kappa shape index (κ2) is 6.57. The Hall–Kier alpha value is -2.10. The number of rotatable bonds is 4. The lowest BCUT2D eigenvalue weighted by Gasteiger charge is -2.28. The summed E-state index contributed by atoms with van der Waals surface area (Å²) < 4.78 is 10.3. The maximum absolute atomic E-state index is 12.3. The molecule has 2 atom stereocenters. The van der Waals surface area contributed by atoms with Gasteiger partial charge in [0.15, 0.2) is 5.78 Å². The third-order valence-electron chi connectivity index (χ3n) is 3.72. The van der Waals surface area contributed by atoms with Crippen LogP contribution < -0.4 is 0 Å². The maximum atomic E-state index is 12.3. The first kappa shape index (κ1) is 15.3. The summed E-state index contributed by atoms with van der Waals surface area (Å²) in [5.41, 5.74) is 2.09. The van der Waals surface area contributed by atoms with Crippen LogP contribution in [0.4, 0.5) is 0 Å². The molecule has 0 aromatic heterocycles. The van der Waals surface area contributed by atoms with Crippen LogP contribution in [0.1, 0.15) is 30.4 Å². The van der Waals surface area contributed by atoms with E-state index in [9.17, 15) is 9.59 Å². The van der Waals surface area contributed by atoms with Crippen molar-refractivity contribution in [1.29, 1.82) is 0 Å². The summed E-state index contributed by atoms with van der Waals surface area (Å²) in [5.74, 6) is -1.13. The topological polar surface area (TPSA) is 52.6 Å². The summed E-state index contributed by atoms with van der Waals surface area (Å²) in [6.07, 6.45) is 1.96. The van der Waals surface area contributed by atoms with Crippen LogP contribution in [0.25, 0.3) is 0 Å². The molecule has 0 saturated carbocycles. The van der Waals surface area contributed by atoms with E-state index in [1.165, 1.54) is 13.2 Å². The van der Waals surface area contributed by atoms with Gasteiger partial charge in [-0.3, -0.25) is 9.59 Å². The molecule has 4 heteroatoms. The fourth-order valence-corrected chi connectivity index (χ4v) is 2.66. The van der Waals surface area contributed by atoms with Crippen molar-refractivity contribution >= 4 is 11.8 Å². The number of aryl methyl sites for hydroxylation is 1. The van der Waals surface area contributed by atoms with Crippen LogP contribution in [0.5, 0.6) is 0 Å². The van der Waals surface area contributed by atoms with Gasteiger partial charge in [0, 0.05) is 18.4 Å². The smallest absolute Gasteiger partial charge is 0.317 e. The standard InChI is InChI=1S/C17H20O4/c1-4-21-13-9-14(12-7-5-11(2)6-8-12)16(15(18)10-13)17(19)20-3/h5-8,10,14,16H,4,9H2,1-3H3. The van der Waals surface area contributed by atoms with Gasteiger partial charge in [-0.1, -0.05) is 29.8 Å². The number of esters is 1. The average Bonchev–Trinajstić information content (AvgIpc) is 2.47. The summed E-state index contributed by atoms with van der Waals surface area (Å²) in [6.45, 7) is 4.38. The van der Waals surface area contributed by atoms with E-state index in [-0.39, 0.29) is 11.7 Å². The van der Waals surface area contributed by atoms with E-state index in [2.05, 4.69) is 0 Å². The van der Waals surface area contributed by atoms with Gasteiger partial charge >= 0.3 is 5.97 Å². The fourth-order valence-electron chi connectivity index (χ4n) is 2.66. The Kier molecular flexibility index (Phi) is 4.78. The highest BCUT2D eigenvalue weighted by Gasteiger charge is 2.39. The van der Waals surface area contributed by atoms with Crippen LogP contribution in [0.2, 0.25) is 0 Å². The van der Waals surface area contributed by atoms with Crippen molar-refractivity contribution < 1.29 is 19.1 Å². The summed E-state index contributed by atoms with van der Waals surface area (Å²) >= 11 is 0. The van der Waals surface area contributed by atoms with E-state index >= 15 is 0 Å². The van der Waals surface area contributed by atoms with Gasteiger partial charge in [0.1, 0.15) is 11.7 Å². The van der Waals surface area contributed by atoms with Crippen molar-refractivity contribution in [2.75, 3.05) is 13.7 Å². The molecule has 21 heavy (non-hydrogen) atoms. The van der Waals surface area contributed by atoms with E-state index in [0.717, 1.165) is 11.1 Å².